The van der Waals surface area contributed by atoms with E-state index in [1.54, 1.807) is 13.4 Å². The predicted molar refractivity (Wildman–Crippen MR) is 87.8 cm³/mol. The van der Waals surface area contributed by atoms with Gasteiger partial charge < -0.3 is 4.74 Å². The lowest BCUT2D eigenvalue weighted by atomic mass is 9.67. The topological polar surface area (TPSA) is 35.0 Å². The third-order valence-corrected chi connectivity index (χ3v) is 6.48. The molecule has 4 heteroatoms. The molecule has 0 bridgehead atoms. The van der Waals surface area contributed by atoms with Crippen molar-refractivity contribution in [3.05, 3.63) is 18.1 Å². The molecule has 1 aromatic rings. The molecule has 0 N–H and O–H groups in total. The molecular weight excluding hydrogens is 328 g/mol. The average Bonchev–Trinajstić information content (AvgIpc) is 2.54. The number of hydrogen-bond acceptors (Lipinski definition) is 3. The van der Waals surface area contributed by atoms with Gasteiger partial charge in [0.15, 0.2) is 0 Å². The summed E-state index contributed by atoms with van der Waals surface area (Å²) in [5.41, 5.74) is 1.08. The van der Waals surface area contributed by atoms with Gasteiger partial charge in [-0.15, -0.1) is 0 Å². The summed E-state index contributed by atoms with van der Waals surface area (Å²) < 4.78 is 5.19. The van der Waals surface area contributed by atoms with Gasteiger partial charge in [0.25, 0.3) is 0 Å². The van der Waals surface area contributed by atoms with Crippen LogP contribution >= 0.6 is 15.9 Å². The van der Waals surface area contributed by atoms with Crippen LogP contribution in [0.5, 0.6) is 5.88 Å². The van der Waals surface area contributed by atoms with Crippen molar-refractivity contribution in [1.82, 2.24) is 9.97 Å². The van der Waals surface area contributed by atoms with E-state index in [4.69, 9.17) is 4.74 Å². The van der Waals surface area contributed by atoms with Gasteiger partial charge >= 0.3 is 0 Å². The Morgan fingerprint density at radius 1 is 1.19 bits per heavy atom. The van der Waals surface area contributed by atoms with Crippen molar-refractivity contribution in [2.45, 2.75) is 56.2 Å². The second-order valence-corrected chi connectivity index (χ2v) is 7.83. The maximum Gasteiger partial charge on any atom is 0.216 e. The number of aromatic nitrogens is 2. The summed E-state index contributed by atoms with van der Waals surface area (Å²) in [6, 6.07) is 1.96. The van der Waals surface area contributed by atoms with Crippen molar-refractivity contribution < 1.29 is 4.74 Å². The summed E-state index contributed by atoms with van der Waals surface area (Å²) >= 11 is 3.94. The molecule has 0 aliphatic heterocycles. The monoisotopic (exact) mass is 352 g/mol. The van der Waals surface area contributed by atoms with Crippen LogP contribution in [0.2, 0.25) is 0 Å². The van der Waals surface area contributed by atoms with E-state index in [9.17, 15) is 0 Å². The van der Waals surface area contributed by atoms with Gasteiger partial charge in [-0.2, -0.15) is 0 Å². The Morgan fingerprint density at radius 2 is 2.00 bits per heavy atom. The first-order chi connectivity index (χ1) is 10.3. The van der Waals surface area contributed by atoms with E-state index in [2.05, 4.69) is 25.9 Å². The van der Waals surface area contributed by atoms with Gasteiger partial charge in [-0.25, -0.2) is 9.97 Å². The number of rotatable bonds is 4. The number of ether oxygens (including phenoxy) is 1. The van der Waals surface area contributed by atoms with Crippen LogP contribution in [0.15, 0.2) is 12.4 Å². The van der Waals surface area contributed by atoms with Gasteiger partial charge in [-0.05, 0) is 37.0 Å². The zero-order valence-electron chi connectivity index (χ0n) is 12.8. The summed E-state index contributed by atoms with van der Waals surface area (Å²) in [6.45, 7) is 0. The molecule has 1 heterocycles. The molecule has 0 radical (unpaired) electrons. The lowest BCUT2D eigenvalue weighted by molar-refractivity contribution is 0.129. The number of fused-ring (bicyclic) bond motifs is 1. The SMILES string of the molecule is COc1cc(CC(Br)C2CCC3CCCCC3C2)ncn1. The summed E-state index contributed by atoms with van der Waals surface area (Å²) in [7, 11) is 1.65. The van der Waals surface area contributed by atoms with E-state index in [-0.39, 0.29) is 0 Å². The van der Waals surface area contributed by atoms with E-state index in [0.717, 1.165) is 29.9 Å². The third kappa shape index (κ3) is 3.77. The van der Waals surface area contributed by atoms with Gasteiger partial charge in [0, 0.05) is 23.0 Å². The van der Waals surface area contributed by atoms with Crippen LogP contribution < -0.4 is 4.74 Å². The molecule has 2 aliphatic carbocycles. The van der Waals surface area contributed by atoms with E-state index >= 15 is 0 Å². The fraction of sp³-hybridized carbons (Fsp3) is 0.765. The van der Waals surface area contributed by atoms with Crippen LogP contribution in [0, 0.1) is 17.8 Å². The van der Waals surface area contributed by atoms with Crippen molar-refractivity contribution >= 4 is 15.9 Å². The summed E-state index contributed by atoms with van der Waals surface area (Å²) in [5.74, 6) is 3.47. The molecule has 0 spiro atoms. The molecule has 0 saturated heterocycles. The van der Waals surface area contributed by atoms with Crippen molar-refractivity contribution in [3.8, 4) is 5.88 Å². The first kappa shape index (κ1) is 15.3. The highest BCUT2D eigenvalue weighted by molar-refractivity contribution is 9.09. The first-order valence-electron chi connectivity index (χ1n) is 8.25. The highest BCUT2D eigenvalue weighted by atomic mass is 79.9. The van der Waals surface area contributed by atoms with Crippen LogP contribution in [0.25, 0.3) is 0 Å². The number of hydrogen-bond donors (Lipinski definition) is 0. The quantitative estimate of drug-likeness (QED) is 0.753. The number of halogens is 1. The summed E-state index contributed by atoms with van der Waals surface area (Å²) in [4.78, 5) is 8.99. The third-order valence-electron chi connectivity index (χ3n) is 5.40. The Labute approximate surface area is 136 Å². The Hall–Kier alpha value is -0.640. The maximum absolute atomic E-state index is 5.19. The molecule has 2 saturated carbocycles. The molecule has 3 nitrogen and oxygen atoms in total. The van der Waals surface area contributed by atoms with E-state index in [1.807, 2.05) is 6.07 Å². The van der Waals surface area contributed by atoms with Crippen LogP contribution in [0.3, 0.4) is 0 Å². The van der Waals surface area contributed by atoms with Crippen molar-refractivity contribution in [1.29, 1.82) is 0 Å². The zero-order chi connectivity index (χ0) is 14.7. The van der Waals surface area contributed by atoms with Crippen LogP contribution in [0.1, 0.15) is 50.6 Å². The normalized spacial score (nSPS) is 30.5. The smallest absolute Gasteiger partial charge is 0.216 e. The molecule has 2 aliphatic rings. The summed E-state index contributed by atoms with van der Waals surface area (Å²) in [6.07, 6.45) is 12.6. The largest absolute Gasteiger partial charge is 0.481 e. The fourth-order valence-electron chi connectivity index (χ4n) is 4.20. The molecule has 2 fully saturated rings. The molecule has 4 atom stereocenters. The van der Waals surface area contributed by atoms with Crippen LogP contribution in [0.4, 0.5) is 0 Å². The van der Waals surface area contributed by atoms with Crippen molar-refractivity contribution in [2.24, 2.45) is 17.8 Å². The average molecular weight is 353 g/mol. The Bertz CT molecular complexity index is 468. The second kappa shape index (κ2) is 7.08. The zero-order valence-corrected chi connectivity index (χ0v) is 14.4. The highest BCUT2D eigenvalue weighted by Gasteiger charge is 2.34. The summed E-state index contributed by atoms with van der Waals surface area (Å²) in [5, 5.41) is 0. The molecule has 0 aromatic carbocycles. The molecule has 4 unspecified atom stereocenters. The predicted octanol–water partition coefficient (Wildman–Crippen LogP) is 4.40. The van der Waals surface area contributed by atoms with E-state index < -0.39 is 0 Å². The Kier molecular flexibility index (Phi) is 5.15. The maximum atomic E-state index is 5.19. The molecular formula is C17H25BrN2O. The first-order valence-corrected chi connectivity index (χ1v) is 9.17. The minimum absolute atomic E-state index is 0.528. The molecule has 1 aromatic heterocycles. The minimum atomic E-state index is 0.528. The molecule has 3 rings (SSSR count). The second-order valence-electron chi connectivity index (χ2n) is 6.65. The van der Waals surface area contributed by atoms with Gasteiger partial charge in [-0.1, -0.05) is 41.6 Å². The lowest BCUT2D eigenvalue weighted by Crippen LogP contribution is -2.32. The fourth-order valence-corrected chi connectivity index (χ4v) is 5.02. The highest BCUT2D eigenvalue weighted by Crippen LogP contribution is 2.45. The Morgan fingerprint density at radius 3 is 2.81 bits per heavy atom. The van der Waals surface area contributed by atoms with Crippen LogP contribution in [-0.4, -0.2) is 21.9 Å². The van der Waals surface area contributed by atoms with Crippen molar-refractivity contribution in [3.63, 3.8) is 0 Å². The molecule has 0 amide bonds. The van der Waals surface area contributed by atoms with E-state index in [0.29, 0.717) is 10.7 Å². The van der Waals surface area contributed by atoms with Crippen LogP contribution in [-0.2, 0) is 6.42 Å². The van der Waals surface area contributed by atoms with Gasteiger partial charge in [0.1, 0.15) is 6.33 Å². The number of nitrogens with zero attached hydrogens (tertiary/aromatic N) is 2. The van der Waals surface area contributed by atoms with E-state index in [1.165, 1.54) is 44.9 Å². The molecule has 116 valence electrons. The number of methoxy groups -OCH3 is 1. The number of alkyl halides is 1. The van der Waals surface area contributed by atoms with Crippen molar-refractivity contribution in [2.75, 3.05) is 7.11 Å². The van der Waals surface area contributed by atoms with Gasteiger partial charge in [0.2, 0.25) is 5.88 Å². The molecule has 21 heavy (non-hydrogen) atoms. The Balaban J connectivity index is 1.58. The van der Waals surface area contributed by atoms with Gasteiger partial charge in [-0.3, -0.25) is 0 Å². The lowest BCUT2D eigenvalue weighted by Gasteiger charge is -2.40. The standard InChI is InChI=1S/C17H25BrN2O/c1-21-17-10-15(19-11-20-17)9-16(18)14-7-6-12-4-2-3-5-13(12)8-14/h10-14,16H,2-9H2,1H3. The van der Waals surface area contributed by atoms with Gasteiger partial charge in [0.05, 0.1) is 7.11 Å². The minimum Gasteiger partial charge on any atom is -0.481 e.